The third-order valence-electron chi connectivity index (χ3n) is 3.95. The Morgan fingerprint density at radius 2 is 2.22 bits per heavy atom. The van der Waals surface area contributed by atoms with Crippen molar-refractivity contribution in [3.8, 4) is 0 Å². The monoisotopic (exact) mass is 249 g/mol. The summed E-state index contributed by atoms with van der Waals surface area (Å²) in [5, 5.41) is 11.9. The number of carboxylic acid groups (broad SMARTS) is 1. The van der Waals surface area contributed by atoms with Crippen LogP contribution in [0.5, 0.6) is 0 Å². The largest absolute Gasteiger partial charge is 0.480 e. The van der Waals surface area contributed by atoms with Crippen LogP contribution in [0.2, 0.25) is 0 Å². The van der Waals surface area contributed by atoms with E-state index in [2.05, 4.69) is 5.32 Å². The predicted molar refractivity (Wildman–Crippen MR) is 61.8 cm³/mol. The normalized spacial score (nSPS) is 24.1. The first-order valence-corrected chi connectivity index (χ1v) is 6.24. The lowest BCUT2D eigenvalue weighted by Crippen LogP contribution is -2.39. The molecule has 0 aromatic carbocycles. The van der Waals surface area contributed by atoms with Crippen molar-refractivity contribution in [2.24, 2.45) is 5.41 Å². The van der Waals surface area contributed by atoms with Gasteiger partial charge in [0, 0.05) is 12.0 Å². The van der Waals surface area contributed by atoms with Crippen LogP contribution in [0.1, 0.15) is 43.0 Å². The lowest BCUT2D eigenvalue weighted by molar-refractivity contribution is -0.149. The highest BCUT2D eigenvalue weighted by Crippen LogP contribution is 2.46. The van der Waals surface area contributed by atoms with Gasteiger partial charge in [-0.2, -0.15) is 0 Å². The number of carboxylic acids is 1. The van der Waals surface area contributed by atoms with Crippen LogP contribution in [0.4, 0.5) is 0 Å². The molecular formula is C13H15NO4. The van der Waals surface area contributed by atoms with Crippen LogP contribution in [0, 0.1) is 5.41 Å². The van der Waals surface area contributed by atoms with E-state index < -0.39 is 11.4 Å². The van der Waals surface area contributed by atoms with Crippen LogP contribution < -0.4 is 5.32 Å². The fourth-order valence-electron chi connectivity index (χ4n) is 2.60. The molecule has 2 aliphatic carbocycles. The Morgan fingerprint density at radius 1 is 1.44 bits per heavy atom. The van der Waals surface area contributed by atoms with Gasteiger partial charge < -0.3 is 14.8 Å². The summed E-state index contributed by atoms with van der Waals surface area (Å²) in [6.07, 6.45) is 5.19. The number of nitrogens with one attached hydrogen (secondary N) is 1. The van der Waals surface area contributed by atoms with E-state index in [-0.39, 0.29) is 11.9 Å². The average molecular weight is 249 g/mol. The van der Waals surface area contributed by atoms with Crippen molar-refractivity contribution < 1.29 is 19.1 Å². The van der Waals surface area contributed by atoms with E-state index >= 15 is 0 Å². The van der Waals surface area contributed by atoms with Crippen LogP contribution in [-0.2, 0) is 16.0 Å². The zero-order valence-corrected chi connectivity index (χ0v) is 9.94. The van der Waals surface area contributed by atoms with Crippen molar-refractivity contribution in [3.05, 3.63) is 23.7 Å². The third-order valence-corrected chi connectivity index (χ3v) is 3.95. The van der Waals surface area contributed by atoms with Crippen molar-refractivity contribution in [2.75, 3.05) is 0 Å². The Kier molecular flexibility index (Phi) is 2.43. The van der Waals surface area contributed by atoms with Gasteiger partial charge in [-0.25, -0.2) is 0 Å². The molecule has 1 aromatic heterocycles. The van der Waals surface area contributed by atoms with Gasteiger partial charge in [-0.3, -0.25) is 9.59 Å². The minimum atomic E-state index is -1.17. The summed E-state index contributed by atoms with van der Waals surface area (Å²) < 4.78 is 5.35. The van der Waals surface area contributed by atoms with Crippen molar-refractivity contribution in [3.63, 3.8) is 0 Å². The number of amides is 1. The molecule has 0 aliphatic heterocycles. The maximum Gasteiger partial charge on any atom is 0.319 e. The summed E-state index contributed by atoms with van der Waals surface area (Å²) in [7, 11) is 0. The molecule has 96 valence electrons. The van der Waals surface area contributed by atoms with E-state index in [1.165, 1.54) is 0 Å². The third kappa shape index (κ3) is 1.62. The predicted octanol–water partition coefficient (Wildman–Crippen LogP) is 1.64. The lowest BCUT2D eigenvalue weighted by Gasteiger charge is -2.24. The standard InChI is InChI=1S/C13H15NO4/c15-11(13(5-6-13)12(16)17)14-9-2-1-3-10-8(9)4-7-18-10/h4,7,9H,1-3,5-6H2,(H,14,15)(H,16,17). The second-order valence-electron chi connectivity index (χ2n) is 5.10. The molecule has 0 spiro atoms. The number of carbonyl (C=O) groups excluding carboxylic acids is 1. The molecule has 1 aromatic rings. The Bertz CT molecular complexity index is 501. The molecule has 1 fully saturated rings. The fraction of sp³-hybridized carbons (Fsp3) is 0.538. The number of hydrogen-bond donors (Lipinski definition) is 2. The molecule has 5 nitrogen and oxygen atoms in total. The Morgan fingerprint density at radius 3 is 2.89 bits per heavy atom. The summed E-state index contributed by atoms with van der Waals surface area (Å²) in [6.45, 7) is 0. The summed E-state index contributed by atoms with van der Waals surface area (Å²) in [5.41, 5.74) is -0.169. The topological polar surface area (TPSA) is 79.5 Å². The zero-order valence-electron chi connectivity index (χ0n) is 9.94. The second kappa shape index (κ2) is 3.86. The molecule has 18 heavy (non-hydrogen) atoms. The molecule has 0 radical (unpaired) electrons. The van der Waals surface area contributed by atoms with E-state index in [0.29, 0.717) is 12.8 Å². The van der Waals surface area contributed by atoms with E-state index in [1.54, 1.807) is 6.26 Å². The number of fused-ring (bicyclic) bond motifs is 1. The highest BCUT2D eigenvalue weighted by molar-refractivity contribution is 6.04. The molecule has 1 unspecified atom stereocenters. The van der Waals surface area contributed by atoms with E-state index in [0.717, 1.165) is 30.6 Å². The molecule has 2 aliphatic rings. The minimum absolute atomic E-state index is 0.100. The molecule has 2 N–H and O–H groups in total. The number of aliphatic carboxylic acids is 1. The molecule has 1 heterocycles. The van der Waals surface area contributed by atoms with Gasteiger partial charge in [0.1, 0.15) is 11.2 Å². The smallest absolute Gasteiger partial charge is 0.319 e. The SMILES string of the molecule is O=C(O)C1(C(=O)NC2CCCc3occc32)CC1. The van der Waals surface area contributed by atoms with Crippen molar-refractivity contribution in [1.29, 1.82) is 0 Å². The Balaban J connectivity index is 1.76. The molecule has 3 rings (SSSR count). The molecule has 0 bridgehead atoms. The quantitative estimate of drug-likeness (QED) is 0.798. The number of furan rings is 1. The van der Waals surface area contributed by atoms with E-state index in [4.69, 9.17) is 9.52 Å². The number of carbonyl (C=O) groups is 2. The molecular weight excluding hydrogens is 234 g/mol. The van der Waals surface area contributed by atoms with Crippen molar-refractivity contribution in [1.82, 2.24) is 5.32 Å². The van der Waals surface area contributed by atoms with Gasteiger partial charge in [-0.05, 0) is 31.7 Å². The van der Waals surface area contributed by atoms with Gasteiger partial charge in [0.2, 0.25) is 5.91 Å². The fourth-order valence-corrected chi connectivity index (χ4v) is 2.60. The summed E-state index contributed by atoms with van der Waals surface area (Å²) in [5.74, 6) is -0.455. The van der Waals surface area contributed by atoms with Crippen LogP contribution in [0.25, 0.3) is 0 Å². The molecule has 1 atom stereocenters. The highest BCUT2D eigenvalue weighted by atomic mass is 16.4. The average Bonchev–Trinajstić information content (AvgIpc) is 3.02. The molecule has 0 saturated heterocycles. The van der Waals surface area contributed by atoms with Gasteiger partial charge in [-0.1, -0.05) is 0 Å². The Hall–Kier alpha value is -1.78. The van der Waals surface area contributed by atoms with Gasteiger partial charge in [-0.15, -0.1) is 0 Å². The number of hydrogen-bond acceptors (Lipinski definition) is 3. The highest BCUT2D eigenvalue weighted by Gasteiger charge is 2.57. The summed E-state index contributed by atoms with van der Waals surface area (Å²) in [6, 6.07) is 1.76. The number of rotatable bonds is 3. The van der Waals surface area contributed by atoms with Crippen molar-refractivity contribution >= 4 is 11.9 Å². The van der Waals surface area contributed by atoms with Gasteiger partial charge in [0.15, 0.2) is 0 Å². The minimum Gasteiger partial charge on any atom is -0.480 e. The zero-order chi connectivity index (χ0) is 12.8. The molecule has 1 amide bonds. The maximum absolute atomic E-state index is 12.0. The first-order valence-electron chi connectivity index (χ1n) is 6.24. The lowest BCUT2D eigenvalue weighted by atomic mass is 9.92. The van der Waals surface area contributed by atoms with Crippen LogP contribution in [0.3, 0.4) is 0 Å². The van der Waals surface area contributed by atoms with Crippen LogP contribution >= 0.6 is 0 Å². The van der Waals surface area contributed by atoms with Crippen molar-refractivity contribution in [2.45, 2.75) is 38.1 Å². The van der Waals surface area contributed by atoms with Gasteiger partial charge >= 0.3 is 5.97 Å². The molecule has 1 saturated carbocycles. The van der Waals surface area contributed by atoms with Gasteiger partial charge in [0.05, 0.1) is 12.3 Å². The van der Waals surface area contributed by atoms with Crippen LogP contribution in [-0.4, -0.2) is 17.0 Å². The molecule has 5 heteroatoms. The van der Waals surface area contributed by atoms with E-state index in [9.17, 15) is 9.59 Å². The summed E-state index contributed by atoms with van der Waals surface area (Å²) in [4.78, 5) is 23.1. The maximum atomic E-state index is 12.0. The van der Waals surface area contributed by atoms with Crippen LogP contribution in [0.15, 0.2) is 16.7 Å². The van der Waals surface area contributed by atoms with E-state index in [1.807, 2.05) is 6.07 Å². The number of aryl methyl sites for hydroxylation is 1. The Labute approximate surface area is 104 Å². The summed E-state index contributed by atoms with van der Waals surface area (Å²) >= 11 is 0. The van der Waals surface area contributed by atoms with Gasteiger partial charge in [0.25, 0.3) is 0 Å². The second-order valence-corrected chi connectivity index (χ2v) is 5.10. The first-order chi connectivity index (χ1) is 8.63. The first kappa shape index (κ1) is 11.3.